The van der Waals surface area contributed by atoms with Crippen LogP contribution in [0.25, 0.3) is 0 Å². The Labute approximate surface area is 169 Å². The number of esters is 1. The molecule has 1 fully saturated rings. The molecule has 1 aliphatic rings. The van der Waals surface area contributed by atoms with Crippen molar-refractivity contribution in [1.82, 2.24) is 4.90 Å². The van der Waals surface area contributed by atoms with Gasteiger partial charge in [-0.1, -0.05) is 24.3 Å². The first-order valence-electron chi connectivity index (χ1n) is 9.07. The summed E-state index contributed by atoms with van der Waals surface area (Å²) >= 11 is 0. The number of hydrogen-bond acceptors (Lipinski definition) is 5. The van der Waals surface area contributed by atoms with Gasteiger partial charge in [0, 0.05) is 18.7 Å². The van der Waals surface area contributed by atoms with Crippen molar-refractivity contribution in [1.29, 1.82) is 5.26 Å². The van der Waals surface area contributed by atoms with Gasteiger partial charge in [-0.25, -0.2) is 4.79 Å². The van der Waals surface area contributed by atoms with Crippen molar-refractivity contribution < 1.29 is 24.2 Å². The van der Waals surface area contributed by atoms with E-state index in [2.05, 4.69) is 6.07 Å². The molecule has 0 aromatic heterocycles. The molecule has 0 saturated carbocycles. The van der Waals surface area contributed by atoms with E-state index < -0.39 is 0 Å². The molecule has 0 radical (unpaired) electrons. The van der Waals surface area contributed by atoms with Crippen LogP contribution in [0.3, 0.4) is 0 Å². The summed E-state index contributed by atoms with van der Waals surface area (Å²) in [5.41, 5.74) is 2.56. The lowest BCUT2D eigenvalue weighted by Gasteiger charge is -2.17. The van der Waals surface area contributed by atoms with Gasteiger partial charge in [0.25, 0.3) is 12.4 Å². The molecule has 1 aliphatic heterocycles. The van der Waals surface area contributed by atoms with Crippen molar-refractivity contribution in [2.24, 2.45) is 5.92 Å². The van der Waals surface area contributed by atoms with Gasteiger partial charge in [0.1, 0.15) is 0 Å². The summed E-state index contributed by atoms with van der Waals surface area (Å²) in [6.07, 6.45) is 1.62. The Bertz CT molecular complexity index is 919. The number of nitrogens with zero attached hydrogens (tertiary/aromatic N) is 2. The van der Waals surface area contributed by atoms with Crippen LogP contribution in [0.5, 0.6) is 0 Å². The Morgan fingerprint density at radius 3 is 2.69 bits per heavy atom. The zero-order valence-corrected chi connectivity index (χ0v) is 16.1. The fourth-order valence-electron chi connectivity index (χ4n) is 3.41. The minimum atomic E-state index is -0.333. The van der Waals surface area contributed by atoms with E-state index in [4.69, 9.17) is 19.9 Å². The standard InChI is InChI=1S/C21H20N2O3.CH2O2/c1-26-21(25)19-8-3-2-6-17(19)12-16-9-10-23(14-16)20(24)18-7-4-5-15(11-18)13-22;2-1-3/h2-8,11,16H,9-10,12,14H2,1H3;1H,(H,2,3). The zero-order chi connectivity index (χ0) is 21.2. The van der Waals surface area contributed by atoms with Gasteiger partial charge in [0.2, 0.25) is 0 Å². The molecule has 1 unspecified atom stereocenters. The average molecular weight is 394 g/mol. The van der Waals surface area contributed by atoms with E-state index in [0.29, 0.717) is 35.7 Å². The van der Waals surface area contributed by atoms with Crippen LogP contribution in [-0.4, -0.2) is 48.6 Å². The predicted molar refractivity (Wildman–Crippen MR) is 105 cm³/mol. The summed E-state index contributed by atoms with van der Waals surface area (Å²) in [6.45, 7) is 1.08. The lowest BCUT2D eigenvalue weighted by molar-refractivity contribution is -0.122. The van der Waals surface area contributed by atoms with Gasteiger partial charge in [0.15, 0.2) is 0 Å². The second kappa shape index (κ2) is 10.6. The van der Waals surface area contributed by atoms with Crippen LogP contribution in [0, 0.1) is 17.2 Å². The molecule has 1 saturated heterocycles. The molecule has 1 N–H and O–H groups in total. The van der Waals surface area contributed by atoms with Gasteiger partial charge in [0.05, 0.1) is 24.3 Å². The van der Waals surface area contributed by atoms with E-state index in [0.717, 1.165) is 18.4 Å². The number of nitriles is 1. The average Bonchev–Trinajstić information content (AvgIpc) is 3.22. The predicted octanol–water partition coefficient (Wildman–Crippen LogP) is 2.75. The Hall–Kier alpha value is -3.66. The Morgan fingerprint density at radius 2 is 2.00 bits per heavy atom. The van der Waals surface area contributed by atoms with E-state index >= 15 is 0 Å². The highest BCUT2D eigenvalue weighted by molar-refractivity contribution is 5.94. The van der Waals surface area contributed by atoms with Gasteiger partial charge < -0.3 is 14.7 Å². The van der Waals surface area contributed by atoms with Crippen LogP contribution in [0.15, 0.2) is 48.5 Å². The van der Waals surface area contributed by atoms with Crippen LogP contribution < -0.4 is 0 Å². The first kappa shape index (κ1) is 21.6. The number of carbonyl (C=O) groups excluding carboxylic acids is 2. The summed E-state index contributed by atoms with van der Waals surface area (Å²) in [5, 5.41) is 15.9. The summed E-state index contributed by atoms with van der Waals surface area (Å²) < 4.78 is 4.85. The topological polar surface area (TPSA) is 108 Å². The van der Waals surface area contributed by atoms with Crippen LogP contribution in [0.4, 0.5) is 0 Å². The largest absolute Gasteiger partial charge is 0.483 e. The number of amides is 1. The molecule has 7 nitrogen and oxygen atoms in total. The smallest absolute Gasteiger partial charge is 0.338 e. The molecule has 1 atom stereocenters. The molecule has 2 aromatic rings. The fraction of sp³-hybridized carbons (Fsp3) is 0.273. The maximum atomic E-state index is 12.7. The third kappa shape index (κ3) is 5.66. The molecule has 1 heterocycles. The van der Waals surface area contributed by atoms with Crippen molar-refractivity contribution in [3.63, 3.8) is 0 Å². The third-order valence-electron chi connectivity index (χ3n) is 4.74. The summed E-state index contributed by atoms with van der Waals surface area (Å²) in [5.74, 6) is -0.0883. The quantitative estimate of drug-likeness (QED) is 0.631. The van der Waals surface area contributed by atoms with E-state index in [9.17, 15) is 9.59 Å². The lowest BCUT2D eigenvalue weighted by Crippen LogP contribution is -2.29. The minimum Gasteiger partial charge on any atom is -0.483 e. The van der Waals surface area contributed by atoms with E-state index in [-0.39, 0.29) is 18.3 Å². The van der Waals surface area contributed by atoms with Crippen molar-refractivity contribution in [2.75, 3.05) is 20.2 Å². The van der Waals surface area contributed by atoms with Crippen LogP contribution >= 0.6 is 0 Å². The second-order valence-corrected chi connectivity index (χ2v) is 6.56. The Kier molecular flexibility index (Phi) is 7.92. The van der Waals surface area contributed by atoms with Crippen molar-refractivity contribution in [3.05, 3.63) is 70.8 Å². The molecular weight excluding hydrogens is 372 g/mol. The number of ether oxygens (including phenoxy) is 1. The van der Waals surface area contributed by atoms with Crippen molar-refractivity contribution in [2.45, 2.75) is 12.8 Å². The molecule has 1 amide bonds. The summed E-state index contributed by atoms with van der Waals surface area (Å²) in [6, 6.07) is 16.3. The highest BCUT2D eigenvalue weighted by atomic mass is 16.5. The number of likely N-dealkylation sites (tertiary alicyclic amines) is 1. The monoisotopic (exact) mass is 394 g/mol. The van der Waals surface area contributed by atoms with Crippen LogP contribution in [-0.2, 0) is 16.0 Å². The first-order chi connectivity index (χ1) is 14.0. The molecule has 0 bridgehead atoms. The fourth-order valence-corrected chi connectivity index (χ4v) is 3.41. The van der Waals surface area contributed by atoms with Gasteiger partial charge in [-0.05, 0) is 48.6 Å². The van der Waals surface area contributed by atoms with Gasteiger partial charge in [-0.3, -0.25) is 9.59 Å². The highest BCUT2D eigenvalue weighted by Gasteiger charge is 2.28. The van der Waals surface area contributed by atoms with Crippen molar-refractivity contribution in [3.8, 4) is 6.07 Å². The minimum absolute atomic E-state index is 0.0501. The number of carbonyl (C=O) groups is 3. The molecule has 3 rings (SSSR count). The molecule has 7 heteroatoms. The number of hydrogen-bond donors (Lipinski definition) is 1. The Balaban J connectivity index is 0.000000941. The maximum absolute atomic E-state index is 12.7. The summed E-state index contributed by atoms with van der Waals surface area (Å²) in [7, 11) is 1.38. The van der Waals surface area contributed by atoms with E-state index in [1.54, 1.807) is 30.3 Å². The molecule has 150 valence electrons. The van der Waals surface area contributed by atoms with Gasteiger partial charge >= 0.3 is 5.97 Å². The number of methoxy groups -OCH3 is 1. The van der Waals surface area contributed by atoms with Gasteiger partial charge in [-0.15, -0.1) is 0 Å². The van der Waals surface area contributed by atoms with E-state index in [1.165, 1.54) is 7.11 Å². The lowest BCUT2D eigenvalue weighted by atomic mass is 9.95. The third-order valence-corrected chi connectivity index (χ3v) is 4.74. The molecule has 2 aromatic carbocycles. The second-order valence-electron chi connectivity index (χ2n) is 6.56. The summed E-state index contributed by atoms with van der Waals surface area (Å²) in [4.78, 5) is 34.8. The van der Waals surface area contributed by atoms with Gasteiger partial charge in [-0.2, -0.15) is 5.26 Å². The molecule has 0 spiro atoms. The molecule has 0 aliphatic carbocycles. The van der Waals surface area contributed by atoms with Crippen molar-refractivity contribution >= 4 is 18.3 Å². The number of carboxylic acid groups (broad SMARTS) is 1. The Morgan fingerprint density at radius 1 is 1.28 bits per heavy atom. The van der Waals surface area contributed by atoms with Crippen LogP contribution in [0.1, 0.15) is 38.3 Å². The number of benzene rings is 2. The molecular formula is C22H22N2O5. The number of rotatable bonds is 4. The normalized spacial score (nSPS) is 14.9. The maximum Gasteiger partial charge on any atom is 0.338 e. The zero-order valence-electron chi connectivity index (χ0n) is 16.1. The van der Waals surface area contributed by atoms with E-state index in [1.807, 2.05) is 23.1 Å². The SMILES string of the molecule is COC(=O)c1ccccc1CC1CCN(C(=O)c2cccc(C#N)c2)C1.O=CO. The molecule has 29 heavy (non-hydrogen) atoms. The first-order valence-corrected chi connectivity index (χ1v) is 9.07. The van der Waals surface area contributed by atoms with Crippen LogP contribution in [0.2, 0.25) is 0 Å². The highest BCUT2D eigenvalue weighted by Crippen LogP contribution is 2.24.